The summed E-state index contributed by atoms with van der Waals surface area (Å²) in [6.07, 6.45) is -0.788. The molecule has 0 saturated heterocycles. The third-order valence-corrected chi connectivity index (χ3v) is 3.57. The molecule has 2 aromatic rings. The number of aryl methyl sites for hydroxylation is 3. The zero-order valence-electron chi connectivity index (χ0n) is 13.2. The van der Waals surface area contributed by atoms with E-state index in [1.54, 1.807) is 12.1 Å². The van der Waals surface area contributed by atoms with Gasteiger partial charge in [-0.2, -0.15) is 0 Å². The van der Waals surface area contributed by atoms with Gasteiger partial charge in [0.1, 0.15) is 0 Å². The van der Waals surface area contributed by atoms with Gasteiger partial charge in [0, 0.05) is 0 Å². The van der Waals surface area contributed by atoms with Crippen molar-refractivity contribution in [1.29, 1.82) is 0 Å². The summed E-state index contributed by atoms with van der Waals surface area (Å²) in [5.74, 6) is -0.254. The summed E-state index contributed by atoms with van der Waals surface area (Å²) in [5, 5.41) is 10.0. The molecule has 1 atom stereocenters. The second kappa shape index (κ2) is 7.09. The van der Waals surface area contributed by atoms with Gasteiger partial charge in [0.05, 0.1) is 18.2 Å². The van der Waals surface area contributed by atoms with Crippen LogP contribution in [0.15, 0.2) is 42.5 Å². The number of aliphatic hydroxyl groups is 1. The quantitative estimate of drug-likeness (QED) is 0.743. The summed E-state index contributed by atoms with van der Waals surface area (Å²) < 4.78 is 0. The van der Waals surface area contributed by atoms with Crippen molar-refractivity contribution in [1.82, 2.24) is 5.43 Å². The van der Waals surface area contributed by atoms with Gasteiger partial charge in [0.25, 0.3) is 0 Å². The Bertz CT molecular complexity index is 630. The van der Waals surface area contributed by atoms with Gasteiger partial charge in [-0.05, 0) is 37.5 Å². The summed E-state index contributed by atoms with van der Waals surface area (Å²) in [7, 11) is 0. The summed E-state index contributed by atoms with van der Waals surface area (Å²) in [6.45, 7) is 6.03. The number of hydrogen-bond acceptors (Lipinski definition) is 3. The first-order chi connectivity index (χ1) is 10.5. The molecule has 0 aliphatic carbocycles. The maximum absolute atomic E-state index is 12.0. The average Bonchev–Trinajstić information content (AvgIpc) is 2.47. The smallest absolute Gasteiger partial charge is 0.241 e. The van der Waals surface area contributed by atoms with Gasteiger partial charge >= 0.3 is 0 Å². The molecule has 4 nitrogen and oxygen atoms in total. The number of hydrazine groups is 1. The van der Waals surface area contributed by atoms with E-state index in [2.05, 4.69) is 23.0 Å². The summed E-state index contributed by atoms with van der Waals surface area (Å²) in [4.78, 5) is 12.0. The molecule has 4 heteroatoms. The van der Waals surface area contributed by atoms with Crippen molar-refractivity contribution in [2.45, 2.75) is 33.3 Å². The Labute approximate surface area is 131 Å². The van der Waals surface area contributed by atoms with E-state index < -0.39 is 6.10 Å². The highest BCUT2D eigenvalue weighted by molar-refractivity contribution is 5.78. The number of anilines is 1. The first-order valence-corrected chi connectivity index (χ1v) is 7.33. The van der Waals surface area contributed by atoms with E-state index in [1.165, 1.54) is 5.56 Å². The molecule has 0 bridgehead atoms. The molecule has 0 radical (unpaired) electrons. The van der Waals surface area contributed by atoms with Crippen molar-refractivity contribution in [3.05, 3.63) is 64.7 Å². The lowest BCUT2D eigenvalue weighted by Gasteiger charge is -2.16. The van der Waals surface area contributed by atoms with Crippen LogP contribution in [0.5, 0.6) is 0 Å². The normalized spacial score (nSPS) is 11.8. The topological polar surface area (TPSA) is 61.4 Å². The molecule has 116 valence electrons. The number of nitrogens with one attached hydrogen (secondary N) is 2. The zero-order chi connectivity index (χ0) is 16.1. The second-order valence-electron chi connectivity index (χ2n) is 5.58. The van der Waals surface area contributed by atoms with Gasteiger partial charge in [-0.15, -0.1) is 0 Å². The van der Waals surface area contributed by atoms with Gasteiger partial charge in [-0.25, -0.2) is 0 Å². The lowest BCUT2D eigenvalue weighted by atomic mass is 10.1. The molecular formula is C18H22N2O2. The first-order valence-electron chi connectivity index (χ1n) is 7.33. The zero-order valence-corrected chi connectivity index (χ0v) is 13.2. The van der Waals surface area contributed by atoms with Crippen LogP contribution >= 0.6 is 0 Å². The highest BCUT2D eigenvalue weighted by Crippen LogP contribution is 2.21. The molecule has 0 aromatic heterocycles. The molecule has 0 aliphatic rings. The standard InChI is InChI=1S/C18H22N2O2/c1-12-9-13(2)18(14(3)10-12)20-19-17(22)11-16(21)15-7-5-4-6-8-15/h4-10,16,20-21H,11H2,1-3H3,(H,19,22). The van der Waals surface area contributed by atoms with Gasteiger partial charge in [-0.1, -0.05) is 48.0 Å². The minimum atomic E-state index is -0.803. The second-order valence-corrected chi connectivity index (χ2v) is 5.58. The fraction of sp³-hybridized carbons (Fsp3) is 0.278. The minimum Gasteiger partial charge on any atom is -0.388 e. The Morgan fingerprint density at radius 3 is 2.27 bits per heavy atom. The Morgan fingerprint density at radius 2 is 1.68 bits per heavy atom. The van der Waals surface area contributed by atoms with Gasteiger partial charge in [0.2, 0.25) is 5.91 Å². The minimum absolute atomic E-state index is 0.0149. The van der Waals surface area contributed by atoms with Crippen molar-refractivity contribution < 1.29 is 9.90 Å². The van der Waals surface area contributed by atoms with E-state index in [4.69, 9.17) is 0 Å². The highest BCUT2D eigenvalue weighted by Gasteiger charge is 2.13. The Morgan fingerprint density at radius 1 is 1.09 bits per heavy atom. The molecule has 2 rings (SSSR count). The van der Waals surface area contributed by atoms with Crippen molar-refractivity contribution in [2.24, 2.45) is 0 Å². The van der Waals surface area contributed by atoms with Crippen LogP contribution in [0.4, 0.5) is 5.69 Å². The molecule has 22 heavy (non-hydrogen) atoms. The van der Waals surface area contributed by atoms with E-state index in [0.717, 1.165) is 22.4 Å². The number of amides is 1. The van der Waals surface area contributed by atoms with Crippen LogP contribution in [0.25, 0.3) is 0 Å². The van der Waals surface area contributed by atoms with Crippen LogP contribution in [0.3, 0.4) is 0 Å². The van der Waals surface area contributed by atoms with E-state index in [1.807, 2.05) is 39.0 Å². The molecule has 0 aliphatic heterocycles. The lowest BCUT2D eigenvalue weighted by molar-refractivity contribution is -0.122. The van der Waals surface area contributed by atoms with Crippen molar-refractivity contribution in [2.75, 3.05) is 5.43 Å². The average molecular weight is 298 g/mol. The van der Waals surface area contributed by atoms with E-state index in [0.29, 0.717) is 0 Å². The Hall–Kier alpha value is -2.33. The van der Waals surface area contributed by atoms with Gasteiger partial charge < -0.3 is 5.11 Å². The molecule has 1 unspecified atom stereocenters. The third-order valence-electron chi connectivity index (χ3n) is 3.57. The number of aliphatic hydroxyl groups excluding tert-OH is 1. The van der Waals surface area contributed by atoms with Crippen LogP contribution in [0.1, 0.15) is 34.8 Å². The number of hydrogen-bond donors (Lipinski definition) is 3. The molecule has 2 aromatic carbocycles. The van der Waals surface area contributed by atoms with Gasteiger partial charge in [-0.3, -0.25) is 15.6 Å². The molecular weight excluding hydrogens is 276 g/mol. The Balaban J connectivity index is 1.94. The molecule has 3 N–H and O–H groups in total. The molecule has 1 amide bonds. The third kappa shape index (κ3) is 4.09. The van der Waals surface area contributed by atoms with Crippen LogP contribution in [0, 0.1) is 20.8 Å². The number of benzene rings is 2. The molecule has 0 heterocycles. The fourth-order valence-corrected chi connectivity index (χ4v) is 2.53. The summed E-state index contributed by atoms with van der Waals surface area (Å²) in [5.41, 5.74) is 10.6. The number of carbonyl (C=O) groups is 1. The van der Waals surface area contributed by atoms with Crippen molar-refractivity contribution >= 4 is 11.6 Å². The fourth-order valence-electron chi connectivity index (χ4n) is 2.53. The number of rotatable bonds is 5. The largest absolute Gasteiger partial charge is 0.388 e. The maximum Gasteiger partial charge on any atom is 0.241 e. The van der Waals surface area contributed by atoms with Crippen LogP contribution < -0.4 is 10.9 Å². The first kappa shape index (κ1) is 16.0. The predicted octanol–water partition coefficient (Wildman–Crippen LogP) is 3.18. The monoisotopic (exact) mass is 298 g/mol. The van der Waals surface area contributed by atoms with E-state index in [-0.39, 0.29) is 12.3 Å². The molecule has 0 fully saturated rings. The molecule has 0 spiro atoms. The van der Waals surface area contributed by atoms with Crippen LogP contribution in [-0.4, -0.2) is 11.0 Å². The van der Waals surface area contributed by atoms with Crippen molar-refractivity contribution in [3.8, 4) is 0 Å². The predicted molar refractivity (Wildman–Crippen MR) is 88.4 cm³/mol. The van der Waals surface area contributed by atoms with E-state index >= 15 is 0 Å². The van der Waals surface area contributed by atoms with Crippen LogP contribution in [-0.2, 0) is 4.79 Å². The summed E-state index contributed by atoms with van der Waals surface area (Å²) in [6, 6.07) is 13.3. The Kier molecular flexibility index (Phi) is 5.17. The van der Waals surface area contributed by atoms with Gasteiger partial charge in [0.15, 0.2) is 0 Å². The lowest BCUT2D eigenvalue weighted by Crippen LogP contribution is -2.31. The summed E-state index contributed by atoms with van der Waals surface area (Å²) >= 11 is 0. The maximum atomic E-state index is 12.0. The molecule has 0 saturated carbocycles. The van der Waals surface area contributed by atoms with E-state index in [9.17, 15) is 9.90 Å². The van der Waals surface area contributed by atoms with Crippen molar-refractivity contribution in [3.63, 3.8) is 0 Å². The SMILES string of the molecule is Cc1cc(C)c(NNC(=O)CC(O)c2ccccc2)c(C)c1. The van der Waals surface area contributed by atoms with Crippen LogP contribution in [0.2, 0.25) is 0 Å². The highest BCUT2D eigenvalue weighted by atomic mass is 16.3. The number of carbonyl (C=O) groups excluding carboxylic acids is 1.